The van der Waals surface area contributed by atoms with Gasteiger partial charge in [0.25, 0.3) is 5.91 Å². The van der Waals surface area contributed by atoms with Gasteiger partial charge in [-0.1, -0.05) is 34.1 Å². The normalized spacial score (nSPS) is 18.3. The van der Waals surface area contributed by atoms with E-state index < -0.39 is 11.0 Å². The van der Waals surface area contributed by atoms with E-state index in [9.17, 15) is 9.00 Å². The summed E-state index contributed by atoms with van der Waals surface area (Å²) in [6.07, 6.45) is 6.31. The third-order valence-corrected chi connectivity index (χ3v) is 7.38. The van der Waals surface area contributed by atoms with Gasteiger partial charge in [-0.3, -0.25) is 4.79 Å². The second-order valence-corrected chi connectivity index (χ2v) is 11.0. The van der Waals surface area contributed by atoms with Crippen molar-refractivity contribution in [1.29, 1.82) is 0 Å². The van der Waals surface area contributed by atoms with Gasteiger partial charge in [0.05, 0.1) is 4.90 Å². The van der Waals surface area contributed by atoms with Gasteiger partial charge in [0.15, 0.2) is 0 Å². The van der Waals surface area contributed by atoms with Gasteiger partial charge in [-0.25, -0.2) is 8.93 Å². The molecule has 152 valence electrons. The molecule has 0 aromatic heterocycles. The van der Waals surface area contributed by atoms with Gasteiger partial charge < -0.3 is 4.90 Å². The number of amides is 1. The number of hydrogen-bond donors (Lipinski definition) is 1. The standard InChI is InChI=1S/C23H25BrN2O2S/c1-22(2,3)25-29(28)18-8-6-7-16(13-18)21(27)26-15-23(11-4-5-12-23)19-14-17(24)9-10-20(19)26/h4-10,13-14,25H,11-12,15H2,1-3H3. The van der Waals surface area contributed by atoms with Crippen LogP contribution in [0.25, 0.3) is 0 Å². The molecule has 1 aliphatic heterocycles. The number of carbonyl (C=O) groups is 1. The molecule has 2 aliphatic rings. The minimum Gasteiger partial charge on any atom is -0.307 e. The maximum atomic E-state index is 13.5. The number of rotatable bonds is 3. The molecule has 29 heavy (non-hydrogen) atoms. The first-order valence-corrected chi connectivity index (χ1v) is 11.7. The summed E-state index contributed by atoms with van der Waals surface area (Å²) >= 11 is 3.58. The Labute approximate surface area is 183 Å². The molecule has 0 saturated carbocycles. The molecule has 0 radical (unpaired) electrons. The average Bonchev–Trinajstić information content (AvgIpc) is 3.26. The fourth-order valence-corrected chi connectivity index (χ4v) is 5.58. The van der Waals surface area contributed by atoms with E-state index in [-0.39, 0.29) is 16.9 Å². The van der Waals surface area contributed by atoms with Crippen LogP contribution in [0.1, 0.15) is 49.5 Å². The van der Waals surface area contributed by atoms with Crippen molar-refractivity contribution in [3.05, 3.63) is 70.2 Å². The van der Waals surface area contributed by atoms with E-state index in [1.54, 1.807) is 24.3 Å². The number of nitrogens with zero attached hydrogens (tertiary/aromatic N) is 1. The van der Waals surface area contributed by atoms with Crippen LogP contribution in [0.15, 0.2) is 64.0 Å². The Hall–Kier alpha value is -1.76. The van der Waals surface area contributed by atoms with Crippen molar-refractivity contribution in [1.82, 2.24) is 4.72 Å². The van der Waals surface area contributed by atoms with Crippen LogP contribution < -0.4 is 9.62 Å². The fraction of sp³-hybridized carbons (Fsp3) is 0.348. The maximum absolute atomic E-state index is 13.5. The first-order valence-electron chi connectivity index (χ1n) is 9.75. The molecular formula is C23H25BrN2O2S. The SMILES string of the molecule is CC(C)(C)NS(=O)c1cccc(C(=O)N2CC3(CC=CC3)c3cc(Br)ccc32)c1. The number of nitrogens with one attached hydrogen (secondary N) is 1. The Bertz CT molecular complexity index is 1020. The Kier molecular flexibility index (Phi) is 5.30. The van der Waals surface area contributed by atoms with E-state index in [0.29, 0.717) is 17.0 Å². The molecule has 6 heteroatoms. The maximum Gasteiger partial charge on any atom is 0.258 e. The molecule has 1 aliphatic carbocycles. The van der Waals surface area contributed by atoms with Crippen LogP contribution in [0.5, 0.6) is 0 Å². The number of allylic oxidation sites excluding steroid dienone is 2. The third kappa shape index (κ3) is 3.98. The zero-order valence-electron chi connectivity index (χ0n) is 16.9. The summed E-state index contributed by atoms with van der Waals surface area (Å²) in [7, 11) is -1.37. The lowest BCUT2D eigenvalue weighted by Crippen LogP contribution is -2.37. The highest BCUT2D eigenvalue weighted by Gasteiger charge is 2.45. The lowest BCUT2D eigenvalue weighted by Gasteiger charge is -2.25. The number of anilines is 1. The number of fused-ring (bicyclic) bond motifs is 2. The molecule has 1 unspecified atom stereocenters. The van der Waals surface area contributed by atoms with Gasteiger partial charge in [-0.2, -0.15) is 0 Å². The van der Waals surface area contributed by atoms with Crippen molar-refractivity contribution < 1.29 is 9.00 Å². The molecule has 1 heterocycles. The van der Waals surface area contributed by atoms with E-state index in [1.165, 1.54) is 5.56 Å². The van der Waals surface area contributed by atoms with Crippen LogP contribution in [0.3, 0.4) is 0 Å². The van der Waals surface area contributed by atoms with Gasteiger partial charge >= 0.3 is 0 Å². The molecule has 2 aromatic carbocycles. The summed E-state index contributed by atoms with van der Waals surface area (Å²) < 4.78 is 16.8. The predicted octanol–water partition coefficient (Wildman–Crippen LogP) is 5.11. The van der Waals surface area contributed by atoms with E-state index in [0.717, 1.165) is 23.0 Å². The van der Waals surface area contributed by atoms with Crippen molar-refractivity contribution >= 4 is 38.5 Å². The highest BCUT2D eigenvalue weighted by Crippen LogP contribution is 2.49. The number of carbonyl (C=O) groups excluding carboxylic acids is 1. The van der Waals surface area contributed by atoms with Gasteiger partial charge in [-0.15, -0.1) is 0 Å². The molecule has 4 nitrogen and oxygen atoms in total. The minimum atomic E-state index is -1.37. The van der Waals surface area contributed by atoms with Gasteiger partial charge in [0.2, 0.25) is 0 Å². The van der Waals surface area contributed by atoms with E-state index in [1.807, 2.05) is 37.8 Å². The first-order chi connectivity index (χ1) is 13.7. The van der Waals surface area contributed by atoms with Crippen molar-refractivity contribution in [2.75, 3.05) is 11.4 Å². The van der Waals surface area contributed by atoms with E-state index >= 15 is 0 Å². The molecule has 1 atom stereocenters. The molecule has 2 aromatic rings. The van der Waals surface area contributed by atoms with Crippen LogP contribution in [-0.2, 0) is 16.4 Å². The molecular weight excluding hydrogens is 448 g/mol. The molecule has 1 N–H and O–H groups in total. The molecule has 0 fully saturated rings. The smallest absolute Gasteiger partial charge is 0.258 e. The zero-order valence-corrected chi connectivity index (χ0v) is 19.3. The van der Waals surface area contributed by atoms with Crippen LogP contribution in [0, 0.1) is 0 Å². The molecule has 4 rings (SSSR count). The van der Waals surface area contributed by atoms with Crippen LogP contribution >= 0.6 is 15.9 Å². The van der Waals surface area contributed by atoms with Crippen molar-refractivity contribution in [2.45, 2.75) is 49.5 Å². The van der Waals surface area contributed by atoms with Crippen LogP contribution in [0.2, 0.25) is 0 Å². The van der Waals surface area contributed by atoms with Crippen LogP contribution in [-0.4, -0.2) is 22.2 Å². The van der Waals surface area contributed by atoms with Crippen molar-refractivity contribution in [2.24, 2.45) is 0 Å². The summed E-state index contributed by atoms with van der Waals surface area (Å²) in [5.41, 5.74) is 2.43. The highest BCUT2D eigenvalue weighted by atomic mass is 79.9. The fourth-order valence-electron chi connectivity index (χ4n) is 4.11. The molecule has 1 spiro atoms. The molecule has 0 saturated heterocycles. The molecule has 1 amide bonds. The Morgan fingerprint density at radius 2 is 1.86 bits per heavy atom. The minimum absolute atomic E-state index is 0.0387. The number of halogens is 1. The third-order valence-electron chi connectivity index (χ3n) is 5.40. The molecule has 0 bridgehead atoms. The lowest BCUT2D eigenvalue weighted by atomic mass is 9.80. The number of hydrogen-bond acceptors (Lipinski definition) is 2. The summed E-state index contributed by atoms with van der Waals surface area (Å²) in [5, 5.41) is 0. The van der Waals surface area contributed by atoms with Crippen molar-refractivity contribution in [3.8, 4) is 0 Å². The Morgan fingerprint density at radius 3 is 2.55 bits per heavy atom. The van der Waals surface area contributed by atoms with Crippen LogP contribution in [0.4, 0.5) is 5.69 Å². The summed E-state index contributed by atoms with van der Waals surface area (Å²) in [4.78, 5) is 16.0. The van der Waals surface area contributed by atoms with Crippen molar-refractivity contribution in [3.63, 3.8) is 0 Å². The summed E-state index contributed by atoms with van der Waals surface area (Å²) in [6, 6.07) is 13.3. The quantitative estimate of drug-likeness (QED) is 0.630. The second-order valence-electron chi connectivity index (χ2n) is 8.86. The first kappa shape index (κ1) is 20.5. The van der Waals surface area contributed by atoms with E-state index in [2.05, 4.69) is 38.9 Å². The van der Waals surface area contributed by atoms with Gasteiger partial charge in [-0.05, 0) is 75.6 Å². The largest absolute Gasteiger partial charge is 0.307 e. The summed E-state index contributed by atoms with van der Waals surface area (Å²) in [5.74, 6) is -0.0491. The Morgan fingerprint density at radius 1 is 1.14 bits per heavy atom. The monoisotopic (exact) mass is 472 g/mol. The lowest BCUT2D eigenvalue weighted by molar-refractivity contribution is 0.0985. The summed E-state index contributed by atoms with van der Waals surface area (Å²) in [6.45, 7) is 6.56. The van der Waals surface area contributed by atoms with E-state index in [4.69, 9.17) is 0 Å². The zero-order chi connectivity index (χ0) is 20.8. The van der Waals surface area contributed by atoms with Gasteiger partial charge in [0, 0.05) is 33.2 Å². The second kappa shape index (κ2) is 7.49. The predicted molar refractivity (Wildman–Crippen MR) is 122 cm³/mol. The highest BCUT2D eigenvalue weighted by molar-refractivity contribution is 9.10. The average molecular weight is 473 g/mol. The number of benzene rings is 2. The topological polar surface area (TPSA) is 49.4 Å². The Balaban J connectivity index is 1.66. The van der Waals surface area contributed by atoms with Gasteiger partial charge in [0.1, 0.15) is 11.0 Å².